The topological polar surface area (TPSA) is 55.1 Å². The van der Waals surface area contributed by atoms with Gasteiger partial charge in [0.05, 0.1) is 6.42 Å². The van der Waals surface area contributed by atoms with Crippen LogP contribution in [-0.2, 0) is 11.2 Å². The van der Waals surface area contributed by atoms with E-state index in [4.69, 9.17) is 5.73 Å². The molecule has 0 spiro atoms. The fourth-order valence-corrected chi connectivity index (χ4v) is 2.39. The van der Waals surface area contributed by atoms with E-state index in [1.54, 1.807) is 0 Å². The predicted molar refractivity (Wildman–Crippen MR) is 81.4 cm³/mol. The van der Waals surface area contributed by atoms with Crippen molar-refractivity contribution in [2.75, 3.05) is 12.3 Å². The lowest BCUT2D eigenvalue weighted by atomic mass is 10.0. The molecule has 0 saturated heterocycles. The van der Waals surface area contributed by atoms with Gasteiger partial charge in [-0.3, -0.25) is 4.79 Å². The van der Waals surface area contributed by atoms with Crippen molar-refractivity contribution >= 4 is 24.0 Å². The molecular weight excluding hydrogens is 260 g/mol. The summed E-state index contributed by atoms with van der Waals surface area (Å²) in [6.07, 6.45) is 5.41. The van der Waals surface area contributed by atoms with E-state index in [1.807, 2.05) is 24.3 Å². The van der Waals surface area contributed by atoms with Gasteiger partial charge < -0.3 is 11.1 Å². The summed E-state index contributed by atoms with van der Waals surface area (Å²) in [6, 6.07) is 7.49. The molecule has 2 rings (SSSR count). The lowest BCUT2D eigenvalue weighted by Crippen LogP contribution is -2.31. The largest absolute Gasteiger partial charge is 0.399 e. The molecule has 3 nitrogen and oxygen atoms in total. The lowest BCUT2D eigenvalue weighted by molar-refractivity contribution is -0.120. The molecule has 1 amide bonds. The number of halogens is 1. The van der Waals surface area contributed by atoms with Gasteiger partial charge in [0.15, 0.2) is 0 Å². The van der Waals surface area contributed by atoms with E-state index >= 15 is 0 Å². The molecule has 0 unspecified atom stereocenters. The van der Waals surface area contributed by atoms with Crippen LogP contribution < -0.4 is 11.1 Å². The summed E-state index contributed by atoms with van der Waals surface area (Å²) in [5.41, 5.74) is 7.79. The normalized spacial score (nSPS) is 15.4. The van der Waals surface area contributed by atoms with Gasteiger partial charge in [0.2, 0.25) is 5.91 Å². The number of benzene rings is 1. The van der Waals surface area contributed by atoms with Crippen LogP contribution in [0, 0.1) is 5.41 Å². The first kappa shape index (κ1) is 15.8. The summed E-state index contributed by atoms with van der Waals surface area (Å²) in [5.74, 6) is 0.113. The SMILES string of the molecule is CCCC1(CNC(=O)Cc2ccc(N)cc2)CC1.Cl. The highest BCUT2D eigenvalue weighted by Crippen LogP contribution is 2.48. The zero-order chi connectivity index (χ0) is 13.0. The summed E-state index contributed by atoms with van der Waals surface area (Å²) in [4.78, 5) is 11.8. The summed E-state index contributed by atoms with van der Waals surface area (Å²) in [5, 5.41) is 3.06. The van der Waals surface area contributed by atoms with Gasteiger partial charge in [-0.15, -0.1) is 12.4 Å². The maximum absolute atomic E-state index is 11.8. The summed E-state index contributed by atoms with van der Waals surface area (Å²) in [7, 11) is 0. The second kappa shape index (κ2) is 6.80. The third kappa shape index (κ3) is 4.75. The van der Waals surface area contributed by atoms with Crippen molar-refractivity contribution < 1.29 is 4.79 Å². The van der Waals surface area contributed by atoms with Crippen LogP contribution in [0.15, 0.2) is 24.3 Å². The van der Waals surface area contributed by atoms with Crippen LogP contribution in [0.5, 0.6) is 0 Å². The summed E-state index contributed by atoms with van der Waals surface area (Å²) >= 11 is 0. The molecule has 19 heavy (non-hydrogen) atoms. The molecule has 0 bridgehead atoms. The molecule has 1 fully saturated rings. The predicted octanol–water partition coefficient (Wildman–Crippen LogP) is 2.93. The standard InChI is InChI=1S/C15H22N2O.ClH/c1-2-7-15(8-9-15)11-17-14(18)10-12-3-5-13(16)6-4-12;/h3-6H,2,7-11,16H2,1H3,(H,17,18);1H. The molecule has 1 aliphatic carbocycles. The van der Waals surface area contributed by atoms with Crippen molar-refractivity contribution in [1.29, 1.82) is 0 Å². The van der Waals surface area contributed by atoms with Crippen LogP contribution in [0.4, 0.5) is 5.69 Å². The molecule has 3 N–H and O–H groups in total. The van der Waals surface area contributed by atoms with Gasteiger partial charge in [0.1, 0.15) is 0 Å². The van der Waals surface area contributed by atoms with Crippen molar-refractivity contribution in [3.8, 4) is 0 Å². The Morgan fingerprint density at radius 3 is 2.47 bits per heavy atom. The number of amides is 1. The third-order valence-electron chi connectivity index (χ3n) is 3.74. The third-order valence-corrected chi connectivity index (χ3v) is 3.74. The highest BCUT2D eigenvalue weighted by atomic mass is 35.5. The maximum Gasteiger partial charge on any atom is 0.224 e. The Morgan fingerprint density at radius 1 is 1.32 bits per heavy atom. The van der Waals surface area contributed by atoms with E-state index in [1.165, 1.54) is 25.7 Å². The first-order chi connectivity index (χ1) is 8.63. The smallest absolute Gasteiger partial charge is 0.224 e. The number of hydrogen-bond acceptors (Lipinski definition) is 2. The average molecular weight is 283 g/mol. The van der Waals surface area contributed by atoms with Gasteiger partial charge in [-0.2, -0.15) is 0 Å². The number of anilines is 1. The first-order valence-corrected chi connectivity index (χ1v) is 6.75. The molecule has 0 heterocycles. The molecule has 106 valence electrons. The number of nitrogen functional groups attached to an aromatic ring is 1. The van der Waals surface area contributed by atoms with E-state index < -0.39 is 0 Å². The van der Waals surface area contributed by atoms with Crippen LogP contribution in [-0.4, -0.2) is 12.5 Å². The van der Waals surface area contributed by atoms with Crippen molar-refractivity contribution in [1.82, 2.24) is 5.32 Å². The molecule has 4 heteroatoms. The van der Waals surface area contributed by atoms with Crippen molar-refractivity contribution in [3.63, 3.8) is 0 Å². The van der Waals surface area contributed by atoms with Gasteiger partial charge in [0, 0.05) is 12.2 Å². The van der Waals surface area contributed by atoms with Crippen molar-refractivity contribution in [2.45, 2.75) is 39.0 Å². The Bertz CT molecular complexity index is 413. The number of nitrogens with two attached hydrogens (primary N) is 1. The van der Waals surface area contributed by atoms with E-state index in [0.29, 0.717) is 11.8 Å². The van der Waals surface area contributed by atoms with Crippen LogP contribution in [0.25, 0.3) is 0 Å². The molecular formula is C15H23ClN2O. The minimum atomic E-state index is 0. The highest BCUT2D eigenvalue weighted by Gasteiger charge is 2.41. The second-order valence-corrected chi connectivity index (χ2v) is 5.45. The van der Waals surface area contributed by atoms with Crippen LogP contribution >= 0.6 is 12.4 Å². The molecule has 1 aromatic rings. The summed E-state index contributed by atoms with van der Waals surface area (Å²) < 4.78 is 0. The Balaban J connectivity index is 0.00000180. The quantitative estimate of drug-likeness (QED) is 0.788. The Hall–Kier alpha value is -1.22. The molecule has 0 atom stereocenters. The molecule has 1 saturated carbocycles. The number of carbonyl (C=O) groups excluding carboxylic acids is 1. The van der Waals surface area contributed by atoms with Gasteiger partial charge >= 0.3 is 0 Å². The number of carbonyl (C=O) groups is 1. The number of nitrogens with one attached hydrogen (secondary N) is 1. The highest BCUT2D eigenvalue weighted by molar-refractivity contribution is 5.85. The Labute approximate surface area is 121 Å². The minimum absolute atomic E-state index is 0. The summed E-state index contributed by atoms with van der Waals surface area (Å²) in [6.45, 7) is 3.05. The molecule has 1 aliphatic rings. The van der Waals surface area contributed by atoms with Crippen molar-refractivity contribution in [3.05, 3.63) is 29.8 Å². The van der Waals surface area contributed by atoms with E-state index in [9.17, 15) is 4.79 Å². The first-order valence-electron chi connectivity index (χ1n) is 6.75. The zero-order valence-corrected chi connectivity index (χ0v) is 12.3. The van der Waals surface area contributed by atoms with Gasteiger partial charge in [0.25, 0.3) is 0 Å². The van der Waals surface area contributed by atoms with Crippen molar-refractivity contribution in [2.24, 2.45) is 5.41 Å². The maximum atomic E-state index is 11.8. The fraction of sp³-hybridized carbons (Fsp3) is 0.533. The molecule has 0 radical (unpaired) electrons. The molecule has 1 aromatic carbocycles. The molecule has 0 aliphatic heterocycles. The number of rotatable bonds is 6. The van der Waals surface area contributed by atoms with E-state index in [-0.39, 0.29) is 18.3 Å². The van der Waals surface area contributed by atoms with E-state index in [0.717, 1.165) is 17.8 Å². The van der Waals surface area contributed by atoms with Gasteiger partial charge in [-0.05, 0) is 42.4 Å². The Morgan fingerprint density at radius 2 is 1.95 bits per heavy atom. The lowest BCUT2D eigenvalue weighted by Gasteiger charge is -2.14. The minimum Gasteiger partial charge on any atom is -0.399 e. The van der Waals surface area contributed by atoms with Gasteiger partial charge in [-0.1, -0.05) is 25.5 Å². The average Bonchev–Trinajstić information content (AvgIpc) is 3.11. The fourth-order valence-electron chi connectivity index (χ4n) is 2.39. The second-order valence-electron chi connectivity index (χ2n) is 5.45. The monoisotopic (exact) mass is 282 g/mol. The van der Waals surface area contributed by atoms with Gasteiger partial charge in [-0.25, -0.2) is 0 Å². The number of hydrogen-bond donors (Lipinski definition) is 2. The Kier molecular flexibility index (Phi) is 5.67. The van der Waals surface area contributed by atoms with Crippen LogP contribution in [0.2, 0.25) is 0 Å². The zero-order valence-electron chi connectivity index (χ0n) is 11.4. The van der Waals surface area contributed by atoms with Crippen LogP contribution in [0.3, 0.4) is 0 Å². The van der Waals surface area contributed by atoms with E-state index in [2.05, 4.69) is 12.2 Å². The van der Waals surface area contributed by atoms with Crippen LogP contribution in [0.1, 0.15) is 38.2 Å². The molecule has 0 aromatic heterocycles.